The van der Waals surface area contributed by atoms with E-state index >= 15 is 0 Å². The number of nitrogens with zero attached hydrogens (tertiary/aromatic N) is 3. The van der Waals surface area contributed by atoms with E-state index in [0.29, 0.717) is 12.2 Å². The van der Waals surface area contributed by atoms with Crippen molar-refractivity contribution < 1.29 is 14.2 Å². The first-order valence-electron chi connectivity index (χ1n) is 9.82. The van der Waals surface area contributed by atoms with Crippen LogP contribution in [0.5, 0.6) is 17.2 Å². The van der Waals surface area contributed by atoms with Crippen molar-refractivity contribution in [2.75, 3.05) is 51.0 Å². The SMILES string of the molecule is N#Cc1ccc(N2CCCN(CCCOc3ccc4c(c3)OCO4)CC2)cc1. The first kappa shape index (κ1) is 18.5. The second-order valence-electron chi connectivity index (χ2n) is 7.06. The van der Waals surface area contributed by atoms with Crippen molar-refractivity contribution >= 4 is 5.69 Å². The molecule has 0 N–H and O–H groups in total. The lowest BCUT2D eigenvalue weighted by molar-refractivity contribution is 0.173. The fraction of sp³-hybridized carbons (Fsp3) is 0.409. The van der Waals surface area contributed by atoms with Gasteiger partial charge in [-0.25, -0.2) is 0 Å². The minimum atomic E-state index is 0.285. The standard InChI is InChI=1S/C22H25N3O3/c23-16-18-3-5-19(6-4-18)25-11-1-9-24(12-13-25)10-2-14-26-20-7-8-21-22(15-20)28-17-27-21/h3-8,15H,1-2,9-14,17H2. The molecule has 0 aromatic heterocycles. The Morgan fingerprint density at radius 2 is 1.82 bits per heavy atom. The van der Waals surface area contributed by atoms with Crippen LogP contribution in [0.2, 0.25) is 0 Å². The Balaban J connectivity index is 1.20. The summed E-state index contributed by atoms with van der Waals surface area (Å²) in [6.07, 6.45) is 2.13. The molecule has 0 atom stereocenters. The highest BCUT2D eigenvalue weighted by atomic mass is 16.7. The molecular weight excluding hydrogens is 354 g/mol. The highest BCUT2D eigenvalue weighted by Gasteiger charge is 2.16. The lowest BCUT2D eigenvalue weighted by atomic mass is 10.2. The number of hydrogen-bond donors (Lipinski definition) is 0. The van der Waals surface area contributed by atoms with Crippen LogP contribution < -0.4 is 19.1 Å². The van der Waals surface area contributed by atoms with E-state index in [1.165, 1.54) is 5.69 Å². The van der Waals surface area contributed by atoms with Gasteiger partial charge in [-0.1, -0.05) is 0 Å². The lowest BCUT2D eigenvalue weighted by Crippen LogP contribution is -2.31. The van der Waals surface area contributed by atoms with Crippen molar-refractivity contribution in [3.8, 4) is 23.3 Å². The van der Waals surface area contributed by atoms with E-state index in [0.717, 1.165) is 62.8 Å². The number of ether oxygens (including phenoxy) is 3. The van der Waals surface area contributed by atoms with Crippen LogP contribution >= 0.6 is 0 Å². The van der Waals surface area contributed by atoms with E-state index in [1.54, 1.807) is 0 Å². The Labute approximate surface area is 165 Å². The molecule has 1 saturated heterocycles. The Morgan fingerprint density at radius 3 is 2.68 bits per heavy atom. The molecule has 0 saturated carbocycles. The molecule has 28 heavy (non-hydrogen) atoms. The van der Waals surface area contributed by atoms with E-state index in [4.69, 9.17) is 19.5 Å². The van der Waals surface area contributed by atoms with Crippen molar-refractivity contribution in [2.24, 2.45) is 0 Å². The molecular formula is C22H25N3O3. The predicted octanol–water partition coefficient (Wildman–Crippen LogP) is 3.27. The van der Waals surface area contributed by atoms with Gasteiger partial charge >= 0.3 is 0 Å². The van der Waals surface area contributed by atoms with Gasteiger partial charge in [0.1, 0.15) is 5.75 Å². The zero-order valence-corrected chi connectivity index (χ0v) is 16.0. The minimum Gasteiger partial charge on any atom is -0.493 e. The van der Waals surface area contributed by atoms with Gasteiger partial charge in [-0.2, -0.15) is 5.26 Å². The average molecular weight is 379 g/mol. The summed E-state index contributed by atoms with van der Waals surface area (Å²) < 4.78 is 16.6. The molecule has 2 heterocycles. The number of nitriles is 1. The highest BCUT2D eigenvalue weighted by Crippen LogP contribution is 2.35. The molecule has 0 unspecified atom stereocenters. The first-order valence-corrected chi connectivity index (χ1v) is 9.82. The molecule has 6 nitrogen and oxygen atoms in total. The monoisotopic (exact) mass is 379 g/mol. The summed E-state index contributed by atoms with van der Waals surface area (Å²) in [6, 6.07) is 15.8. The van der Waals surface area contributed by atoms with Crippen LogP contribution in [-0.4, -0.2) is 51.0 Å². The van der Waals surface area contributed by atoms with Crippen LogP contribution in [0.1, 0.15) is 18.4 Å². The molecule has 0 spiro atoms. The van der Waals surface area contributed by atoms with Gasteiger partial charge in [0.25, 0.3) is 0 Å². The molecule has 2 aliphatic rings. The van der Waals surface area contributed by atoms with Gasteiger partial charge in [0, 0.05) is 37.9 Å². The number of rotatable bonds is 6. The van der Waals surface area contributed by atoms with Crippen molar-refractivity contribution in [2.45, 2.75) is 12.8 Å². The largest absolute Gasteiger partial charge is 0.493 e. The fourth-order valence-corrected chi connectivity index (χ4v) is 3.64. The number of hydrogen-bond acceptors (Lipinski definition) is 6. The molecule has 6 heteroatoms. The van der Waals surface area contributed by atoms with Crippen molar-refractivity contribution in [1.29, 1.82) is 5.26 Å². The maximum absolute atomic E-state index is 8.94. The van der Waals surface area contributed by atoms with Crippen molar-refractivity contribution in [3.05, 3.63) is 48.0 Å². The van der Waals surface area contributed by atoms with Crippen LogP contribution in [0.15, 0.2) is 42.5 Å². The first-order chi connectivity index (χ1) is 13.8. The van der Waals surface area contributed by atoms with E-state index in [9.17, 15) is 0 Å². The lowest BCUT2D eigenvalue weighted by Gasteiger charge is -2.23. The number of benzene rings is 2. The van der Waals surface area contributed by atoms with Crippen LogP contribution in [0.25, 0.3) is 0 Å². The Kier molecular flexibility index (Phi) is 5.83. The van der Waals surface area contributed by atoms with E-state index in [1.807, 2.05) is 42.5 Å². The smallest absolute Gasteiger partial charge is 0.231 e. The fourth-order valence-electron chi connectivity index (χ4n) is 3.64. The number of fused-ring (bicyclic) bond motifs is 1. The normalized spacial score (nSPS) is 16.5. The highest BCUT2D eigenvalue weighted by molar-refractivity contribution is 5.50. The minimum absolute atomic E-state index is 0.285. The van der Waals surface area contributed by atoms with Gasteiger partial charge in [0.15, 0.2) is 11.5 Å². The van der Waals surface area contributed by atoms with Crippen LogP contribution in [0.3, 0.4) is 0 Å². The second kappa shape index (κ2) is 8.85. The predicted molar refractivity (Wildman–Crippen MR) is 107 cm³/mol. The van der Waals surface area contributed by atoms with Crippen LogP contribution in [0.4, 0.5) is 5.69 Å². The van der Waals surface area contributed by atoms with Gasteiger partial charge in [0.05, 0.1) is 18.2 Å². The molecule has 2 aliphatic heterocycles. The molecule has 0 aliphatic carbocycles. The zero-order valence-electron chi connectivity index (χ0n) is 16.0. The van der Waals surface area contributed by atoms with Gasteiger partial charge in [0.2, 0.25) is 6.79 Å². The summed E-state index contributed by atoms with van der Waals surface area (Å²) in [7, 11) is 0. The molecule has 2 aromatic carbocycles. The molecule has 0 amide bonds. The molecule has 1 fully saturated rings. The Bertz CT molecular complexity index is 832. The van der Waals surface area contributed by atoms with Gasteiger partial charge < -0.3 is 24.0 Å². The van der Waals surface area contributed by atoms with Crippen molar-refractivity contribution in [3.63, 3.8) is 0 Å². The van der Waals surface area contributed by atoms with Gasteiger partial charge in [-0.3, -0.25) is 0 Å². The topological polar surface area (TPSA) is 58.0 Å². The van der Waals surface area contributed by atoms with Crippen LogP contribution in [-0.2, 0) is 0 Å². The maximum atomic E-state index is 8.94. The molecule has 0 radical (unpaired) electrons. The molecule has 2 aromatic rings. The summed E-state index contributed by atoms with van der Waals surface area (Å²) in [5.41, 5.74) is 1.91. The van der Waals surface area contributed by atoms with Gasteiger partial charge in [-0.15, -0.1) is 0 Å². The Morgan fingerprint density at radius 1 is 0.964 bits per heavy atom. The third-order valence-corrected chi connectivity index (χ3v) is 5.18. The third kappa shape index (κ3) is 4.49. The quantitative estimate of drug-likeness (QED) is 0.718. The third-order valence-electron chi connectivity index (χ3n) is 5.18. The van der Waals surface area contributed by atoms with Gasteiger partial charge in [-0.05, 0) is 55.8 Å². The second-order valence-corrected chi connectivity index (χ2v) is 7.06. The van der Waals surface area contributed by atoms with E-state index in [-0.39, 0.29) is 6.79 Å². The van der Waals surface area contributed by atoms with E-state index < -0.39 is 0 Å². The zero-order chi connectivity index (χ0) is 19.2. The summed E-state index contributed by atoms with van der Waals surface area (Å²) in [6.45, 7) is 6.22. The molecule has 0 bridgehead atoms. The average Bonchev–Trinajstić information content (AvgIpc) is 3.08. The summed E-state index contributed by atoms with van der Waals surface area (Å²) in [5, 5.41) is 8.94. The summed E-state index contributed by atoms with van der Waals surface area (Å²) >= 11 is 0. The summed E-state index contributed by atoms with van der Waals surface area (Å²) in [4.78, 5) is 4.91. The van der Waals surface area contributed by atoms with Crippen LogP contribution in [0, 0.1) is 11.3 Å². The van der Waals surface area contributed by atoms with E-state index in [2.05, 4.69) is 15.9 Å². The Hall–Kier alpha value is -2.91. The summed E-state index contributed by atoms with van der Waals surface area (Å²) in [5.74, 6) is 2.36. The number of anilines is 1. The van der Waals surface area contributed by atoms with Crippen molar-refractivity contribution in [1.82, 2.24) is 4.90 Å². The molecule has 4 rings (SSSR count). The molecule has 146 valence electrons. The maximum Gasteiger partial charge on any atom is 0.231 e.